The highest BCUT2D eigenvalue weighted by Crippen LogP contribution is 2.32. The molecule has 2 atom stereocenters. The fourth-order valence-electron chi connectivity index (χ4n) is 1.86. The first-order valence-corrected chi connectivity index (χ1v) is 7.78. The maximum atomic E-state index is 11.3. The van der Waals surface area contributed by atoms with Gasteiger partial charge >= 0.3 is 12.3 Å². The molecule has 7 heteroatoms. The van der Waals surface area contributed by atoms with Gasteiger partial charge in [0, 0.05) is 13.1 Å². The lowest BCUT2D eigenvalue weighted by atomic mass is 10.00. The lowest BCUT2D eigenvalue weighted by Gasteiger charge is -2.31. The zero-order chi connectivity index (χ0) is 17.7. The van der Waals surface area contributed by atoms with E-state index in [9.17, 15) is 4.79 Å². The molecule has 126 valence electrons. The van der Waals surface area contributed by atoms with Gasteiger partial charge in [-0.05, 0) is 37.1 Å². The molecule has 1 aliphatic heterocycles. The largest absolute Gasteiger partial charge is 0.442 e. The summed E-state index contributed by atoms with van der Waals surface area (Å²) in [5, 5.41) is 1.98. The molecule has 1 heterocycles. The maximum Gasteiger partial charge on any atom is 0.308 e. The van der Waals surface area contributed by atoms with Crippen LogP contribution in [-0.2, 0) is 9.53 Å². The highest BCUT2D eigenvalue weighted by atomic mass is 35.5. The number of ether oxygens (including phenoxy) is 2. The molecule has 0 spiro atoms. The van der Waals surface area contributed by atoms with Crippen LogP contribution in [0, 0.1) is 11.8 Å². The Morgan fingerprint density at radius 1 is 1.38 bits per heavy atom. The third-order valence-electron chi connectivity index (χ3n) is 3.18. The van der Waals surface area contributed by atoms with E-state index in [0.29, 0.717) is 5.02 Å². The van der Waals surface area contributed by atoms with Crippen molar-refractivity contribution < 1.29 is 14.3 Å². The summed E-state index contributed by atoms with van der Waals surface area (Å²) in [7, 11) is 0. The third-order valence-corrected chi connectivity index (χ3v) is 3.98. The number of nitrogens with two attached hydrogens (primary N) is 1. The Bertz CT molecular complexity index is 752. The molecule has 1 aromatic rings. The second-order valence-corrected chi connectivity index (χ2v) is 5.92. The van der Waals surface area contributed by atoms with E-state index in [1.165, 1.54) is 11.9 Å². The molecule has 0 amide bonds. The van der Waals surface area contributed by atoms with Gasteiger partial charge in [-0.3, -0.25) is 9.80 Å². The van der Waals surface area contributed by atoms with Gasteiger partial charge in [-0.25, -0.2) is 5.84 Å². The molecule has 1 aromatic carbocycles. The number of hydrogen-bond donors (Lipinski definition) is 1. The average Bonchev–Trinajstić information content (AvgIpc) is 2.52. The summed E-state index contributed by atoms with van der Waals surface area (Å²) in [5.74, 6) is 11.3. The Morgan fingerprint density at radius 2 is 2.12 bits per heavy atom. The van der Waals surface area contributed by atoms with Crippen molar-refractivity contribution in [1.29, 1.82) is 0 Å². The molecule has 1 aliphatic rings. The summed E-state index contributed by atoms with van der Waals surface area (Å²) in [5.41, 5.74) is -0.755. The SMILES string of the molecule is CC(=O)OC(C#CC1(C)C=CC=CN1N)Oc1cccc(Cl)c1Cl. The van der Waals surface area contributed by atoms with E-state index in [2.05, 4.69) is 11.8 Å². The lowest BCUT2D eigenvalue weighted by molar-refractivity contribution is -0.154. The van der Waals surface area contributed by atoms with Crippen LogP contribution in [0.5, 0.6) is 5.75 Å². The first-order valence-electron chi connectivity index (χ1n) is 7.02. The molecule has 24 heavy (non-hydrogen) atoms. The van der Waals surface area contributed by atoms with Crippen molar-refractivity contribution in [1.82, 2.24) is 5.01 Å². The summed E-state index contributed by atoms with van der Waals surface area (Å²) < 4.78 is 10.7. The van der Waals surface area contributed by atoms with Crippen molar-refractivity contribution in [3.05, 3.63) is 52.7 Å². The summed E-state index contributed by atoms with van der Waals surface area (Å²) >= 11 is 12.0. The smallest absolute Gasteiger partial charge is 0.308 e. The zero-order valence-electron chi connectivity index (χ0n) is 13.1. The number of halogens is 2. The lowest BCUT2D eigenvalue weighted by Crippen LogP contribution is -2.46. The highest BCUT2D eigenvalue weighted by Gasteiger charge is 2.25. The molecule has 0 aromatic heterocycles. The predicted molar refractivity (Wildman–Crippen MR) is 93.1 cm³/mol. The second kappa shape index (κ2) is 7.63. The minimum Gasteiger partial charge on any atom is -0.442 e. The van der Waals surface area contributed by atoms with Crippen molar-refractivity contribution >= 4 is 29.2 Å². The number of allylic oxidation sites excluding steroid dienone is 2. The molecule has 2 rings (SSSR count). The molecule has 2 unspecified atom stereocenters. The van der Waals surface area contributed by atoms with Crippen LogP contribution < -0.4 is 10.6 Å². The summed E-state index contributed by atoms with van der Waals surface area (Å²) in [4.78, 5) is 11.3. The molecule has 0 radical (unpaired) electrons. The molecular formula is C17H16Cl2N2O3. The van der Waals surface area contributed by atoms with Gasteiger partial charge in [0.1, 0.15) is 16.3 Å². The zero-order valence-corrected chi connectivity index (χ0v) is 14.6. The number of nitrogens with zero attached hydrogens (tertiary/aromatic N) is 1. The minimum absolute atomic E-state index is 0.213. The summed E-state index contributed by atoms with van der Waals surface area (Å²) in [6, 6.07) is 4.89. The van der Waals surface area contributed by atoms with Gasteiger partial charge in [0.2, 0.25) is 0 Å². The van der Waals surface area contributed by atoms with Gasteiger partial charge in [0.05, 0.1) is 5.02 Å². The van der Waals surface area contributed by atoms with E-state index in [1.807, 2.05) is 19.1 Å². The monoisotopic (exact) mass is 366 g/mol. The Balaban J connectivity index is 2.25. The van der Waals surface area contributed by atoms with Gasteiger partial charge in [-0.15, -0.1) is 0 Å². The second-order valence-electron chi connectivity index (χ2n) is 5.14. The van der Waals surface area contributed by atoms with E-state index in [1.54, 1.807) is 30.5 Å². The number of hydrazine groups is 1. The van der Waals surface area contributed by atoms with Crippen LogP contribution in [0.3, 0.4) is 0 Å². The summed E-state index contributed by atoms with van der Waals surface area (Å²) in [6.07, 6.45) is 5.97. The van der Waals surface area contributed by atoms with Gasteiger partial charge in [0.15, 0.2) is 0 Å². The number of hydrogen-bond acceptors (Lipinski definition) is 5. The van der Waals surface area contributed by atoms with Crippen LogP contribution in [0.25, 0.3) is 0 Å². The number of esters is 1. The Kier molecular flexibility index (Phi) is 5.79. The van der Waals surface area contributed by atoms with Gasteiger partial charge in [-0.1, -0.05) is 41.3 Å². The van der Waals surface area contributed by atoms with Crippen molar-refractivity contribution in [3.63, 3.8) is 0 Å². The first kappa shape index (κ1) is 18.2. The van der Waals surface area contributed by atoms with Gasteiger partial charge in [0.25, 0.3) is 0 Å². The topological polar surface area (TPSA) is 64.8 Å². The van der Waals surface area contributed by atoms with Crippen LogP contribution in [0.1, 0.15) is 13.8 Å². The normalized spacial score (nSPS) is 20.1. The quantitative estimate of drug-likeness (QED) is 0.384. The standard InChI is InChI=1S/C17H16Cl2N2O3/c1-12(22)23-15(24-14-7-5-6-13(18)16(14)19)8-10-17(2)9-3-4-11-21(17)20/h3-7,9,11,15H,20H2,1-2H3. The highest BCUT2D eigenvalue weighted by molar-refractivity contribution is 6.42. The Hall–Kier alpha value is -2.13. The minimum atomic E-state index is -1.15. The van der Waals surface area contributed by atoms with E-state index in [4.69, 9.17) is 38.5 Å². The Morgan fingerprint density at radius 3 is 2.79 bits per heavy atom. The van der Waals surface area contributed by atoms with E-state index in [0.717, 1.165) is 0 Å². The average molecular weight is 367 g/mol. The predicted octanol–water partition coefficient (Wildman–Crippen LogP) is 3.28. The molecular weight excluding hydrogens is 351 g/mol. The molecule has 5 nitrogen and oxygen atoms in total. The maximum absolute atomic E-state index is 11.3. The third kappa shape index (κ3) is 4.45. The van der Waals surface area contributed by atoms with Crippen molar-refractivity contribution in [3.8, 4) is 17.6 Å². The van der Waals surface area contributed by atoms with Crippen molar-refractivity contribution in [2.75, 3.05) is 0 Å². The molecule has 0 aliphatic carbocycles. The van der Waals surface area contributed by atoms with Crippen molar-refractivity contribution in [2.24, 2.45) is 5.84 Å². The van der Waals surface area contributed by atoms with Crippen LogP contribution in [0.15, 0.2) is 42.6 Å². The number of benzene rings is 1. The fourth-order valence-corrected chi connectivity index (χ4v) is 2.20. The van der Waals surface area contributed by atoms with E-state index in [-0.39, 0.29) is 10.8 Å². The molecule has 0 saturated carbocycles. The van der Waals surface area contributed by atoms with Crippen molar-refractivity contribution in [2.45, 2.75) is 25.7 Å². The van der Waals surface area contributed by atoms with Crippen LogP contribution in [0.2, 0.25) is 10.0 Å². The molecule has 0 fully saturated rings. The number of carbonyl (C=O) groups excluding carboxylic acids is 1. The molecule has 2 N–H and O–H groups in total. The van der Waals surface area contributed by atoms with Crippen LogP contribution in [-0.4, -0.2) is 22.8 Å². The van der Waals surface area contributed by atoms with E-state index >= 15 is 0 Å². The van der Waals surface area contributed by atoms with Crippen LogP contribution in [0.4, 0.5) is 0 Å². The Labute approximate surface area is 150 Å². The number of carbonyl (C=O) groups is 1. The molecule has 0 bridgehead atoms. The summed E-state index contributed by atoms with van der Waals surface area (Å²) in [6.45, 7) is 3.08. The van der Waals surface area contributed by atoms with Crippen LogP contribution >= 0.6 is 23.2 Å². The van der Waals surface area contributed by atoms with Gasteiger partial charge in [-0.2, -0.15) is 0 Å². The van der Waals surface area contributed by atoms with Gasteiger partial charge < -0.3 is 9.47 Å². The number of rotatable bonds is 3. The molecule has 0 saturated heterocycles. The fraction of sp³-hybridized carbons (Fsp3) is 0.235. The van der Waals surface area contributed by atoms with E-state index < -0.39 is 17.8 Å². The first-order chi connectivity index (χ1) is 11.3.